The van der Waals surface area contributed by atoms with Crippen LogP contribution in [-0.2, 0) is 0 Å². The molecule has 0 spiro atoms. The number of nitrogens with zero attached hydrogens (tertiary/aromatic N) is 1. The molecule has 2 rings (SSSR count). The second-order valence-electron chi connectivity index (χ2n) is 2.55. The van der Waals surface area contributed by atoms with Crippen LogP contribution in [0.1, 0.15) is 10.4 Å². The Labute approximate surface area is 90.0 Å². The molecule has 0 atom stereocenters. The molecule has 0 aliphatic heterocycles. The first-order valence-electron chi connectivity index (χ1n) is 4.01. The number of carbonyl (C=O) groups is 1. The Kier molecular flexibility index (Phi) is 2.96. The molecular formula is C10H7NOS2. The van der Waals surface area contributed by atoms with E-state index in [1.165, 1.54) is 11.8 Å². The molecule has 0 aliphatic rings. The van der Waals surface area contributed by atoms with E-state index < -0.39 is 0 Å². The molecule has 0 bridgehead atoms. The average Bonchev–Trinajstić information content (AvgIpc) is 2.71. The smallest absolute Gasteiger partial charge is 0.152 e. The van der Waals surface area contributed by atoms with Gasteiger partial charge in [-0.05, 0) is 23.6 Å². The van der Waals surface area contributed by atoms with Gasteiger partial charge in [-0.15, -0.1) is 11.3 Å². The summed E-state index contributed by atoms with van der Waals surface area (Å²) in [5.74, 6) is 0. The predicted molar refractivity (Wildman–Crippen MR) is 58.1 cm³/mol. The van der Waals surface area contributed by atoms with Crippen molar-refractivity contribution in [3.8, 4) is 0 Å². The molecular weight excluding hydrogens is 214 g/mol. The van der Waals surface area contributed by atoms with Gasteiger partial charge in [-0.1, -0.05) is 17.8 Å². The van der Waals surface area contributed by atoms with Crippen molar-refractivity contribution in [2.24, 2.45) is 0 Å². The summed E-state index contributed by atoms with van der Waals surface area (Å²) >= 11 is 3.17. The van der Waals surface area contributed by atoms with Gasteiger partial charge in [0, 0.05) is 11.8 Å². The van der Waals surface area contributed by atoms with Crippen molar-refractivity contribution < 1.29 is 4.79 Å². The zero-order valence-electron chi connectivity index (χ0n) is 7.21. The van der Waals surface area contributed by atoms with Crippen LogP contribution in [0.4, 0.5) is 0 Å². The molecule has 0 saturated carbocycles. The Hall–Kier alpha value is -1.13. The third kappa shape index (κ3) is 2.02. The Balaban J connectivity index is 2.28. The van der Waals surface area contributed by atoms with Gasteiger partial charge in [0.15, 0.2) is 6.29 Å². The zero-order chi connectivity index (χ0) is 9.80. The van der Waals surface area contributed by atoms with Crippen LogP contribution in [0.2, 0.25) is 0 Å². The number of rotatable bonds is 3. The van der Waals surface area contributed by atoms with Gasteiger partial charge < -0.3 is 0 Å². The molecule has 0 saturated heterocycles. The maximum Gasteiger partial charge on any atom is 0.152 e. The minimum atomic E-state index is 0.644. The Morgan fingerprint density at radius 2 is 2.29 bits per heavy atom. The Morgan fingerprint density at radius 3 is 3.00 bits per heavy atom. The summed E-state index contributed by atoms with van der Waals surface area (Å²) in [5, 5.41) is 2.77. The highest BCUT2D eigenvalue weighted by molar-refractivity contribution is 8.01. The molecule has 0 aromatic carbocycles. The lowest BCUT2D eigenvalue weighted by molar-refractivity contribution is 0.112. The van der Waals surface area contributed by atoms with Crippen LogP contribution in [0, 0.1) is 0 Å². The minimum Gasteiger partial charge on any atom is -0.298 e. The van der Waals surface area contributed by atoms with E-state index in [0.717, 1.165) is 15.5 Å². The lowest BCUT2D eigenvalue weighted by atomic mass is 10.3. The SMILES string of the molecule is O=Cc1cccnc1Sc1cccs1. The zero-order valence-corrected chi connectivity index (χ0v) is 8.85. The Morgan fingerprint density at radius 1 is 1.36 bits per heavy atom. The monoisotopic (exact) mass is 221 g/mol. The standard InChI is InChI=1S/C10H7NOS2/c12-7-8-3-1-5-11-10(8)14-9-4-2-6-13-9/h1-7H. The number of hydrogen-bond acceptors (Lipinski definition) is 4. The average molecular weight is 221 g/mol. The van der Waals surface area contributed by atoms with Crippen molar-refractivity contribution in [1.82, 2.24) is 4.98 Å². The lowest BCUT2D eigenvalue weighted by Gasteiger charge is -1.99. The van der Waals surface area contributed by atoms with Crippen LogP contribution in [-0.4, -0.2) is 11.3 Å². The van der Waals surface area contributed by atoms with Gasteiger partial charge in [0.05, 0.1) is 4.21 Å². The highest BCUT2D eigenvalue weighted by Crippen LogP contribution is 2.31. The molecule has 2 nitrogen and oxygen atoms in total. The van der Waals surface area contributed by atoms with Gasteiger partial charge in [-0.25, -0.2) is 4.98 Å². The Bertz CT molecular complexity index is 425. The molecule has 14 heavy (non-hydrogen) atoms. The number of aromatic nitrogens is 1. The predicted octanol–water partition coefficient (Wildman–Crippen LogP) is 3.11. The second kappa shape index (κ2) is 4.39. The summed E-state index contributed by atoms with van der Waals surface area (Å²) in [5.41, 5.74) is 0.644. The minimum absolute atomic E-state index is 0.644. The highest BCUT2D eigenvalue weighted by atomic mass is 32.2. The maximum atomic E-state index is 10.7. The van der Waals surface area contributed by atoms with Crippen LogP contribution < -0.4 is 0 Å². The van der Waals surface area contributed by atoms with Crippen LogP contribution in [0.3, 0.4) is 0 Å². The molecule has 4 heteroatoms. The van der Waals surface area contributed by atoms with Crippen LogP contribution in [0.25, 0.3) is 0 Å². The normalized spacial score (nSPS) is 10.0. The van der Waals surface area contributed by atoms with Crippen molar-refractivity contribution in [2.45, 2.75) is 9.24 Å². The summed E-state index contributed by atoms with van der Waals surface area (Å²) in [6.07, 6.45) is 2.53. The molecule has 0 unspecified atom stereocenters. The molecule has 2 aromatic heterocycles. The van der Waals surface area contributed by atoms with Gasteiger partial charge >= 0.3 is 0 Å². The number of aldehydes is 1. The van der Waals surface area contributed by atoms with Crippen molar-refractivity contribution in [1.29, 1.82) is 0 Å². The van der Waals surface area contributed by atoms with Gasteiger partial charge in [-0.2, -0.15) is 0 Å². The number of pyridine rings is 1. The molecule has 0 aliphatic carbocycles. The van der Waals surface area contributed by atoms with E-state index in [0.29, 0.717) is 5.56 Å². The summed E-state index contributed by atoms with van der Waals surface area (Å²) < 4.78 is 1.15. The number of hydrogen-bond donors (Lipinski definition) is 0. The van der Waals surface area contributed by atoms with E-state index >= 15 is 0 Å². The maximum absolute atomic E-state index is 10.7. The lowest BCUT2D eigenvalue weighted by Crippen LogP contribution is -1.87. The van der Waals surface area contributed by atoms with E-state index in [1.54, 1.807) is 29.7 Å². The van der Waals surface area contributed by atoms with E-state index in [-0.39, 0.29) is 0 Å². The molecule has 0 radical (unpaired) electrons. The fourth-order valence-corrected chi connectivity index (χ4v) is 2.72. The van der Waals surface area contributed by atoms with Crippen molar-refractivity contribution >= 4 is 29.4 Å². The van der Waals surface area contributed by atoms with E-state index in [4.69, 9.17) is 0 Å². The first-order chi connectivity index (χ1) is 6.90. The summed E-state index contributed by atoms with van der Waals surface area (Å²) in [4.78, 5) is 14.9. The molecule has 0 N–H and O–H groups in total. The van der Waals surface area contributed by atoms with E-state index in [9.17, 15) is 4.79 Å². The molecule has 0 fully saturated rings. The highest BCUT2D eigenvalue weighted by Gasteiger charge is 2.04. The fraction of sp³-hybridized carbons (Fsp3) is 0. The topological polar surface area (TPSA) is 30.0 Å². The van der Waals surface area contributed by atoms with Crippen LogP contribution in [0.5, 0.6) is 0 Å². The molecule has 2 heterocycles. The molecule has 2 aromatic rings. The van der Waals surface area contributed by atoms with Crippen molar-refractivity contribution in [2.75, 3.05) is 0 Å². The third-order valence-corrected chi connectivity index (χ3v) is 3.69. The van der Waals surface area contributed by atoms with Gasteiger partial charge in [-0.3, -0.25) is 4.79 Å². The van der Waals surface area contributed by atoms with Crippen molar-refractivity contribution in [3.63, 3.8) is 0 Å². The summed E-state index contributed by atoms with van der Waals surface area (Å²) in [6.45, 7) is 0. The van der Waals surface area contributed by atoms with Gasteiger partial charge in [0.1, 0.15) is 5.03 Å². The van der Waals surface area contributed by atoms with E-state index in [1.807, 2.05) is 17.5 Å². The van der Waals surface area contributed by atoms with Crippen LogP contribution >= 0.6 is 23.1 Å². The quantitative estimate of drug-likeness (QED) is 0.746. The van der Waals surface area contributed by atoms with Crippen LogP contribution in [0.15, 0.2) is 45.1 Å². The summed E-state index contributed by atoms with van der Waals surface area (Å²) in [7, 11) is 0. The number of thiophene rings is 1. The largest absolute Gasteiger partial charge is 0.298 e. The third-order valence-electron chi connectivity index (χ3n) is 1.62. The molecule has 0 amide bonds. The summed E-state index contributed by atoms with van der Waals surface area (Å²) in [6, 6.07) is 7.53. The first-order valence-corrected chi connectivity index (χ1v) is 5.71. The molecule has 70 valence electrons. The van der Waals surface area contributed by atoms with Crippen molar-refractivity contribution in [3.05, 3.63) is 41.4 Å². The van der Waals surface area contributed by atoms with Gasteiger partial charge in [0.25, 0.3) is 0 Å². The van der Waals surface area contributed by atoms with Gasteiger partial charge in [0.2, 0.25) is 0 Å². The number of carbonyl (C=O) groups excluding carboxylic acids is 1. The van der Waals surface area contributed by atoms with E-state index in [2.05, 4.69) is 4.98 Å². The fourth-order valence-electron chi connectivity index (χ4n) is 0.995. The second-order valence-corrected chi connectivity index (χ2v) is 4.79. The first kappa shape index (κ1) is 9.43.